The van der Waals surface area contributed by atoms with Gasteiger partial charge in [-0.15, -0.1) is 0 Å². The van der Waals surface area contributed by atoms with Crippen LogP contribution in [0.25, 0.3) is 11.0 Å². The fourth-order valence-corrected chi connectivity index (χ4v) is 1.96. The normalized spacial score (nSPS) is 10.8. The number of nitrogens with two attached hydrogens (primary N) is 1. The number of nitrogens with zero attached hydrogens (tertiary/aromatic N) is 3. The Kier molecular flexibility index (Phi) is 3.20. The zero-order valence-corrected chi connectivity index (χ0v) is 11.2. The Bertz CT molecular complexity index is 733. The summed E-state index contributed by atoms with van der Waals surface area (Å²) in [7, 11) is 0. The minimum atomic E-state index is 0.509. The van der Waals surface area contributed by atoms with Crippen LogP contribution in [0.5, 0.6) is 0 Å². The SMILES string of the molecule is Cc1cnc(NCCc2ccc3[nH]ccc3n2)nc1N. The maximum Gasteiger partial charge on any atom is 0.224 e. The maximum atomic E-state index is 5.75. The van der Waals surface area contributed by atoms with Gasteiger partial charge in [-0.25, -0.2) is 4.98 Å². The smallest absolute Gasteiger partial charge is 0.224 e. The molecule has 3 heterocycles. The molecule has 0 aliphatic carbocycles. The van der Waals surface area contributed by atoms with Gasteiger partial charge < -0.3 is 16.0 Å². The monoisotopic (exact) mass is 268 g/mol. The predicted octanol–water partition coefficient (Wildman–Crippen LogP) is 1.90. The number of nitrogen functional groups attached to an aromatic ring is 1. The summed E-state index contributed by atoms with van der Waals surface area (Å²) >= 11 is 0. The van der Waals surface area contributed by atoms with E-state index in [1.54, 1.807) is 6.20 Å². The lowest BCUT2D eigenvalue weighted by Gasteiger charge is -2.06. The molecule has 0 saturated heterocycles. The van der Waals surface area contributed by atoms with Gasteiger partial charge in [0.2, 0.25) is 5.95 Å². The van der Waals surface area contributed by atoms with Crippen molar-refractivity contribution in [3.63, 3.8) is 0 Å². The number of aromatic amines is 1. The Balaban J connectivity index is 1.62. The summed E-state index contributed by atoms with van der Waals surface area (Å²) in [5, 5.41) is 3.15. The molecular weight excluding hydrogens is 252 g/mol. The minimum absolute atomic E-state index is 0.509. The largest absolute Gasteiger partial charge is 0.383 e. The average Bonchev–Trinajstić information content (AvgIpc) is 2.90. The van der Waals surface area contributed by atoms with Crippen LogP contribution in [-0.4, -0.2) is 26.5 Å². The van der Waals surface area contributed by atoms with Crippen molar-refractivity contribution < 1.29 is 0 Å². The number of fused-ring (bicyclic) bond motifs is 1. The van der Waals surface area contributed by atoms with E-state index < -0.39 is 0 Å². The fourth-order valence-electron chi connectivity index (χ4n) is 1.96. The highest BCUT2D eigenvalue weighted by molar-refractivity contribution is 5.74. The average molecular weight is 268 g/mol. The molecule has 0 bridgehead atoms. The molecule has 0 aliphatic rings. The second-order valence-corrected chi connectivity index (χ2v) is 4.65. The molecule has 0 unspecified atom stereocenters. The van der Waals surface area contributed by atoms with E-state index in [0.717, 1.165) is 28.7 Å². The summed E-state index contributed by atoms with van der Waals surface area (Å²) in [4.78, 5) is 16.0. The molecule has 4 N–H and O–H groups in total. The van der Waals surface area contributed by atoms with Crippen molar-refractivity contribution in [3.05, 3.63) is 41.9 Å². The molecule has 0 saturated carbocycles. The van der Waals surface area contributed by atoms with Crippen LogP contribution in [0.15, 0.2) is 30.6 Å². The third-order valence-electron chi connectivity index (χ3n) is 3.14. The molecule has 102 valence electrons. The highest BCUT2D eigenvalue weighted by Crippen LogP contribution is 2.11. The van der Waals surface area contributed by atoms with E-state index in [1.165, 1.54) is 0 Å². The summed E-state index contributed by atoms with van der Waals surface area (Å²) in [6, 6.07) is 6.03. The van der Waals surface area contributed by atoms with Gasteiger partial charge in [-0.2, -0.15) is 4.98 Å². The molecule has 0 aromatic carbocycles. The van der Waals surface area contributed by atoms with Gasteiger partial charge in [0.25, 0.3) is 0 Å². The zero-order chi connectivity index (χ0) is 13.9. The van der Waals surface area contributed by atoms with Crippen LogP contribution in [0.4, 0.5) is 11.8 Å². The molecule has 6 heteroatoms. The van der Waals surface area contributed by atoms with Gasteiger partial charge in [0.1, 0.15) is 5.82 Å². The van der Waals surface area contributed by atoms with E-state index >= 15 is 0 Å². The summed E-state index contributed by atoms with van der Waals surface area (Å²) in [6.07, 6.45) is 4.41. The van der Waals surface area contributed by atoms with Gasteiger partial charge in [-0.05, 0) is 25.1 Å². The number of H-pyrrole nitrogens is 1. The molecule has 0 spiro atoms. The lowest BCUT2D eigenvalue weighted by atomic mass is 10.2. The van der Waals surface area contributed by atoms with Crippen LogP contribution in [0.1, 0.15) is 11.3 Å². The number of nitrogens with one attached hydrogen (secondary N) is 2. The Hall–Kier alpha value is -2.63. The minimum Gasteiger partial charge on any atom is -0.383 e. The Morgan fingerprint density at radius 3 is 3.00 bits per heavy atom. The molecule has 3 rings (SSSR count). The second-order valence-electron chi connectivity index (χ2n) is 4.65. The molecule has 3 aromatic heterocycles. The number of anilines is 2. The number of pyridine rings is 1. The number of hydrogen-bond acceptors (Lipinski definition) is 5. The van der Waals surface area contributed by atoms with Crippen molar-refractivity contribution >= 4 is 22.8 Å². The highest BCUT2D eigenvalue weighted by Gasteiger charge is 2.02. The van der Waals surface area contributed by atoms with Crippen molar-refractivity contribution in [2.75, 3.05) is 17.6 Å². The maximum absolute atomic E-state index is 5.75. The van der Waals surface area contributed by atoms with Crippen LogP contribution in [0, 0.1) is 6.92 Å². The topological polar surface area (TPSA) is 92.5 Å². The quantitative estimate of drug-likeness (QED) is 0.672. The van der Waals surface area contributed by atoms with E-state index in [2.05, 4.69) is 25.3 Å². The molecule has 0 amide bonds. The van der Waals surface area contributed by atoms with Crippen LogP contribution < -0.4 is 11.1 Å². The number of hydrogen-bond donors (Lipinski definition) is 3. The number of rotatable bonds is 4. The first-order chi connectivity index (χ1) is 9.72. The first-order valence-electron chi connectivity index (χ1n) is 6.48. The summed E-state index contributed by atoms with van der Waals surface area (Å²) in [6.45, 7) is 2.60. The van der Waals surface area contributed by atoms with E-state index in [-0.39, 0.29) is 0 Å². The predicted molar refractivity (Wildman–Crippen MR) is 79.5 cm³/mol. The summed E-state index contributed by atoms with van der Waals surface area (Å²) < 4.78 is 0. The highest BCUT2D eigenvalue weighted by atomic mass is 15.1. The standard InChI is InChI=1S/C14H16N6/c1-9-8-18-14(20-13(9)15)17-6-4-10-2-3-11-12(19-10)5-7-16-11/h2-3,5,7-8,16H,4,6H2,1H3,(H3,15,17,18,20). The van der Waals surface area contributed by atoms with Gasteiger partial charge in [-0.3, -0.25) is 4.98 Å². The van der Waals surface area contributed by atoms with Gasteiger partial charge in [0.05, 0.1) is 11.0 Å². The van der Waals surface area contributed by atoms with Crippen LogP contribution in [-0.2, 0) is 6.42 Å². The van der Waals surface area contributed by atoms with Crippen molar-refractivity contribution in [1.29, 1.82) is 0 Å². The van der Waals surface area contributed by atoms with Crippen LogP contribution in [0.3, 0.4) is 0 Å². The van der Waals surface area contributed by atoms with E-state index in [4.69, 9.17) is 5.73 Å². The summed E-state index contributed by atoms with van der Waals surface area (Å²) in [5.74, 6) is 1.06. The number of aromatic nitrogens is 4. The molecule has 0 fully saturated rings. The van der Waals surface area contributed by atoms with Gasteiger partial charge in [-0.1, -0.05) is 0 Å². The Morgan fingerprint density at radius 1 is 1.25 bits per heavy atom. The van der Waals surface area contributed by atoms with E-state index in [0.29, 0.717) is 18.3 Å². The number of aryl methyl sites for hydroxylation is 1. The van der Waals surface area contributed by atoms with Gasteiger partial charge in [0.15, 0.2) is 0 Å². The molecule has 0 aliphatic heterocycles. The van der Waals surface area contributed by atoms with Gasteiger partial charge in [0, 0.05) is 36.6 Å². The van der Waals surface area contributed by atoms with Crippen molar-refractivity contribution in [3.8, 4) is 0 Å². The molecule has 6 nitrogen and oxygen atoms in total. The van der Waals surface area contributed by atoms with Crippen molar-refractivity contribution in [2.45, 2.75) is 13.3 Å². The molecule has 3 aromatic rings. The van der Waals surface area contributed by atoms with Crippen LogP contribution in [0.2, 0.25) is 0 Å². The van der Waals surface area contributed by atoms with Crippen LogP contribution >= 0.6 is 0 Å². The Labute approximate surface area is 116 Å². The summed E-state index contributed by atoms with van der Waals surface area (Å²) in [5.41, 5.74) is 9.70. The lowest BCUT2D eigenvalue weighted by molar-refractivity contribution is 0.949. The first-order valence-corrected chi connectivity index (χ1v) is 6.48. The second kappa shape index (κ2) is 5.16. The van der Waals surface area contributed by atoms with E-state index in [9.17, 15) is 0 Å². The fraction of sp³-hybridized carbons (Fsp3) is 0.214. The Morgan fingerprint density at radius 2 is 2.15 bits per heavy atom. The molecule has 0 radical (unpaired) electrons. The van der Waals surface area contributed by atoms with Crippen molar-refractivity contribution in [1.82, 2.24) is 19.9 Å². The molecular formula is C14H16N6. The third kappa shape index (κ3) is 2.54. The third-order valence-corrected chi connectivity index (χ3v) is 3.14. The zero-order valence-electron chi connectivity index (χ0n) is 11.2. The van der Waals surface area contributed by atoms with E-state index in [1.807, 2.05) is 31.3 Å². The molecule has 20 heavy (non-hydrogen) atoms. The van der Waals surface area contributed by atoms with Gasteiger partial charge >= 0.3 is 0 Å². The van der Waals surface area contributed by atoms with Crippen molar-refractivity contribution in [2.24, 2.45) is 0 Å². The molecule has 0 atom stereocenters. The lowest BCUT2D eigenvalue weighted by Crippen LogP contribution is -2.10. The first kappa shape index (κ1) is 12.4.